The molecule has 2 amide bonds. The lowest BCUT2D eigenvalue weighted by Gasteiger charge is -2.08. The molecule has 3 aromatic rings. The first-order valence-corrected chi connectivity index (χ1v) is 11.2. The molecule has 0 spiro atoms. The van der Waals surface area contributed by atoms with Crippen LogP contribution in [-0.2, 0) is 17.9 Å². The standard InChI is InChI=1S/C23H24ClN3O3S/c1-3-5-20(28)27-18-7-4-6-16(12-18)13-25-23(29)22-15(2)26-21(31-22)14-30-19-10-8-17(24)9-11-19/h4,6-12H,3,5,13-14H2,1-2H3,(H,25,29)(H,27,28). The third-order valence-corrected chi connectivity index (χ3v) is 5.75. The molecule has 0 radical (unpaired) electrons. The van der Waals surface area contributed by atoms with Crippen LogP contribution in [0.3, 0.4) is 0 Å². The number of ether oxygens (including phenoxy) is 1. The first-order chi connectivity index (χ1) is 14.9. The fourth-order valence-corrected chi connectivity index (χ4v) is 3.89. The topological polar surface area (TPSA) is 80.3 Å². The number of carbonyl (C=O) groups is 2. The van der Waals surface area contributed by atoms with Crippen LogP contribution >= 0.6 is 22.9 Å². The molecule has 0 aliphatic carbocycles. The van der Waals surface area contributed by atoms with Gasteiger partial charge in [0.1, 0.15) is 22.2 Å². The van der Waals surface area contributed by atoms with Crippen molar-refractivity contribution in [1.29, 1.82) is 0 Å². The molecular weight excluding hydrogens is 434 g/mol. The Labute approximate surface area is 190 Å². The molecule has 0 saturated heterocycles. The minimum Gasteiger partial charge on any atom is -0.486 e. The van der Waals surface area contributed by atoms with Gasteiger partial charge in [0.05, 0.1) is 5.69 Å². The highest BCUT2D eigenvalue weighted by atomic mass is 35.5. The molecule has 3 rings (SSSR count). The summed E-state index contributed by atoms with van der Waals surface area (Å²) in [5, 5.41) is 7.15. The first kappa shape index (κ1) is 22.8. The minimum absolute atomic E-state index is 0.0164. The van der Waals surface area contributed by atoms with Crippen LogP contribution in [0.4, 0.5) is 5.69 Å². The molecular formula is C23H24ClN3O3S. The molecule has 0 fully saturated rings. The quantitative estimate of drug-likeness (QED) is 0.453. The molecule has 0 aliphatic rings. The van der Waals surface area contributed by atoms with Crippen LogP contribution in [0.2, 0.25) is 5.02 Å². The van der Waals surface area contributed by atoms with Crippen LogP contribution in [0.5, 0.6) is 5.75 Å². The number of hydrogen-bond donors (Lipinski definition) is 2. The summed E-state index contributed by atoms with van der Waals surface area (Å²) in [6.45, 7) is 4.40. The van der Waals surface area contributed by atoms with Crippen LogP contribution < -0.4 is 15.4 Å². The Balaban J connectivity index is 1.56. The third kappa shape index (κ3) is 6.80. The predicted octanol–water partition coefficient (Wildman–Crippen LogP) is 5.35. The van der Waals surface area contributed by atoms with Crippen molar-refractivity contribution in [2.75, 3.05) is 5.32 Å². The van der Waals surface area contributed by atoms with E-state index in [2.05, 4.69) is 15.6 Å². The Morgan fingerprint density at radius 1 is 1.16 bits per heavy atom. The van der Waals surface area contributed by atoms with E-state index >= 15 is 0 Å². The monoisotopic (exact) mass is 457 g/mol. The average molecular weight is 458 g/mol. The summed E-state index contributed by atoms with van der Waals surface area (Å²) in [5.74, 6) is 0.486. The molecule has 2 N–H and O–H groups in total. The van der Waals surface area contributed by atoms with E-state index in [0.29, 0.717) is 34.3 Å². The number of aromatic nitrogens is 1. The van der Waals surface area contributed by atoms with Gasteiger partial charge in [0.25, 0.3) is 5.91 Å². The van der Waals surface area contributed by atoms with Gasteiger partial charge in [0.15, 0.2) is 0 Å². The summed E-state index contributed by atoms with van der Waals surface area (Å²) >= 11 is 7.19. The predicted molar refractivity (Wildman–Crippen MR) is 124 cm³/mol. The van der Waals surface area contributed by atoms with Crippen molar-refractivity contribution in [1.82, 2.24) is 10.3 Å². The lowest BCUT2D eigenvalue weighted by molar-refractivity contribution is -0.116. The van der Waals surface area contributed by atoms with Gasteiger partial charge in [-0.3, -0.25) is 9.59 Å². The van der Waals surface area contributed by atoms with E-state index in [1.54, 1.807) is 31.2 Å². The van der Waals surface area contributed by atoms with Gasteiger partial charge < -0.3 is 15.4 Å². The number of amides is 2. The molecule has 1 heterocycles. The zero-order valence-corrected chi connectivity index (χ0v) is 19.0. The van der Waals surface area contributed by atoms with Crippen molar-refractivity contribution in [3.8, 4) is 5.75 Å². The molecule has 2 aromatic carbocycles. The lowest BCUT2D eigenvalue weighted by atomic mass is 10.2. The maximum Gasteiger partial charge on any atom is 0.263 e. The Bertz CT molecular complexity index is 1050. The molecule has 0 atom stereocenters. The maximum atomic E-state index is 12.6. The van der Waals surface area contributed by atoms with Crippen molar-refractivity contribution in [3.63, 3.8) is 0 Å². The zero-order valence-electron chi connectivity index (χ0n) is 17.4. The summed E-state index contributed by atoms with van der Waals surface area (Å²) < 4.78 is 5.71. The summed E-state index contributed by atoms with van der Waals surface area (Å²) in [5.41, 5.74) is 2.29. The van der Waals surface area contributed by atoms with Gasteiger partial charge >= 0.3 is 0 Å². The zero-order chi connectivity index (χ0) is 22.2. The SMILES string of the molecule is CCCC(=O)Nc1cccc(CNC(=O)c2sc(COc3ccc(Cl)cc3)nc2C)c1. The van der Waals surface area contributed by atoms with Crippen molar-refractivity contribution in [2.24, 2.45) is 0 Å². The third-order valence-electron chi connectivity index (χ3n) is 4.36. The Hall–Kier alpha value is -2.90. The summed E-state index contributed by atoms with van der Waals surface area (Å²) in [6.07, 6.45) is 1.28. The average Bonchev–Trinajstić information content (AvgIpc) is 3.13. The van der Waals surface area contributed by atoms with Crippen LogP contribution in [0.1, 0.15) is 45.7 Å². The van der Waals surface area contributed by atoms with Crippen molar-refractivity contribution >= 4 is 40.4 Å². The first-order valence-electron chi connectivity index (χ1n) is 9.96. The van der Waals surface area contributed by atoms with Gasteiger partial charge in [-0.2, -0.15) is 0 Å². The van der Waals surface area contributed by atoms with Crippen LogP contribution in [0.15, 0.2) is 48.5 Å². The molecule has 31 heavy (non-hydrogen) atoms. The van der Waals surface area contributed by atoms with Gasteiger partial charge in [-0.15, -0.1) is 11.3 Å². The number of rotatable bonds is 9. The fraction of sp³-hybridized carbons (Fsp3) is 0.261. The van der Waals surface area contributed by atoms with Crippen LogP contribution in [-0.4, -0.2) is 16.8 Å². The number of benzene rings is 2. The largest absolute Gasteiger partial charge is 0.486 e. The lowest BCUT2D eigenvalue weighted by Crippen LogP contribution is -2.22. The number of aryl methyl sites for hydroxylation is 1. The van der Waals surface area contributed by atoms with Gasteiger partial charge in [-0.05, 0) is 55.3 Å². The Morgan fingerprint density at radius 3 is 2.68 bits per heavy atom. The van der Waals surface area contributed by atoms with Gasteiger partial charge in [-0.25, -0.2) is 4.98 Å². The van der Waals surface area contributed by atoms with Gasteiger partial charge in [0.2, 0.25) is 5.91 Å². The van der Waals surface area contributed by atoms with Crippen LogP contribution in [0.25, 0.3) is 0 Å². The summed E-state index contributed by atoms with van der Waals surface area (Å²) in [6, 6.07) is 14.5. The highest BCUT2D eigenvalue weighted by Crippen LogP contribution is 2.22. The van der Waals surface area contributed by atoms with E-state index in [9.17, 15) is 9.59 Å². The van der Waals surface area contributed by atoms with Gasteiger partial charge in [0, 0.05) is 23.7 Å². The van der Waals surface area contributed by atoms with E-state index in [0.717, 1.165) is 22.7 Å². The Kier molecular flexibility index (Phi) is 8.03. The molecule has 162 valence electrons. The number of thiazole rings is 1. The molecule has 0 saturated carbocycles. The minimum atomic E-state index is -0.187. The highest BCUT2D eigenvalue weighted by molar-refractivity contribution is 7.13. The van der Waals surface area contributed by atoms with Crippen molar-refractivity contribution in [3.05, 3.63) is 74.7 Å². The number of hydrogen-bond acceptors (Lipinski definition) is 5. The molecule has 0 aliphatic heterocycles. The number of carbonyl (C=O) groups excluding carboxylic acids is 2. The summed E-state index contributed by atoms with van der Waals surface area (Å²) in [4.78, 5) is 29.4. The van der Waals surface area contributed by atoms with E-state index in [4.69, 9.17) is 16.3 Å². The second-order valence-corrected chi connectivity index (χ2v) is 8.47. The molecule has 0 bridgehead atoms. The fourth-order valence-electron chi connectivity index (χ4n) is 2.87. The second-order valence-electron chi connectivity index (χ2n) is 6.95. The highest BCUT2D eigenvalue weighted by Gasteiger charge is 2.15. The molecule has 0 unspecified atom stereocenters. The normalized spacial score (nSPS) is 10.5. The molecule has 6 nitrogen and oxygen atoms in total. The Morgan fingerprint density at radius 2 is 1.94 bits per heavy atom. The van der Waals surface area contributed by atoms with Crippen molar-refractivity contribution in [2.45, 2.75) is 39.8 Å². The molecule has 1 aromatic heterocycles. The second kappa shape index (κ2) is 10.9. The van der Waals surface area contributed by atoms with Crippen molar-refractivity contribution < 1.29 is 14.3 Å². The van der Waals surface area contributed by atoms with Gasteiger partial charge in [-0.1, -0.05) is 30.7 Å². The van der Waals surface area contributed by atoms with Crippen LogP contribution in [0, 0.1) is 6.92 Å². The van der Waals surface area contributed by atoms with E-state index < -0.39 is 0 Å². The number of anilines is 1. The van der Waals surface area contributed by atoms with E-state index in [1.165, 1.54) is 11.3 Å². The smallest absolute Gasteiger partial charge is 0.263 e. The maximum absolute atomic E-state index is 12.6. The molecule has 8 heteroatoms. The number of nitrogens with one attached hydrogen (secondary N) is 2. The summed E-state index contributed by atoms with van der Waals surface area (Å²) in [7, 11) is 0. The number of nitrogens with zero attached hydrogens (tertiary/aromatic N) is 1. The van der Waals surface area contributed by atoms with E-state index in [-0.39, 0.29) is 18.4 Å². The number of halogens is 1. The van der Waals surface area contributed by atoms with E-state index in [1.807, 2.05) is 31.2 Å².